The van der Waals surface area contributed by atoms with E-state index in [0.717, 1.165) is 24.2 Å². The van der Waals surface area contributed by atoms with Crippen LogP contribution >= 0.6 is 0 Å². The lowest BCUT2D eigenvalue weighted by Gasteiger charge is -2.17. The van der Waals surface area contributed by atoms with Crippen LogP contribution in [0.2, 0.25) is 0 Å². The molecule has 0 radical (unpaired) electrons. The van der Waals surface area contributed by atoms with Crippen LogP contribution in [0.1, 0.15) is 29.2 Å². The molecule has 1 aliphatic carbocycles. The Morgan fingerprint density at radius 2 is 2.19 bits per heavy atom. The molecule has 1 aliphatic rings. The molecule has 4 heteroatoms. The van der Waals surface area contributed by atoms with Gasteiger partial charge in [0.2, 0.25) is 0 Å². The molecule has 1 atom stereocenters. The maximum Gasteiger partial charge on any atom is 0.143 e. The third-order valence-electron chi connectivity index (χ3n) is 3.89. The van der Waals surface area contributed by atoms with Gasteiger partial charge in [-0.25, -0.2) is 4.39 Å². The van der Waals surface area contributed by atoms with Crippen LogP contribution in [0.15, 0.2) is 36.4 Å². The minimum atomic E-state index is -0.494. The molecule has 2 aromatic rings. The van der Waals surface area contributed by atoms with Crippen molar-refractivity contribution in [2.45, 2.75) is 18.9 Å². The van der Waals surface area contributed by atoms with Gasteiger partial charge in [-0.15, -0.1) is 0 Å². The van der Waals surface area contributed by atoms with E-state index in [1.807, 2.05) is 18.2 Å². The zero-order valence-electron chi connectivity index (χ0n) is 11.7. The number of rotatable bonds is 3. The molecular formula is C17H15FN2O. The number of fused-ring (bicyclic) bond motifs is 1. The number of hydrogen-bond acceptors (Lipinski definition) is 3. The van der Waals surface area contributed by atoms with E-state index in [1.54, 1.807) is 19.2 Å². The van der Waals surface area contributed by atoms with Crippen molar-refractivity contribution >= 4 is 5.69 Å². The Bertz CT molecular complexity index is 721. The van der Waals surface area contributed by atoms with Gasteiger partial charge >= 0.3 is 0 Å². The Balaban J connectivity index is 1.93. The molecule has 0 spiro atoms. The zero-order valence-corrected chi connectivity index (χ0v) is 11.7. The molecule has 0 saturated heterocycles. The van der Waals surface area contributed by atoms with E-state index in [2.05, 4.69) is 11.4 Å². The monoisotopic (exact) mass is 282 g/mol. The van der Waals surface area contributed by atoms with Crippen LogP contribution in [0.5, 0.6) is 5.75 Å². The number of nitrogens with one attached hydrogen (secondary N) is 1. The highest BCUT2D eigenvalue weighted by Crippen LogP contribution is 2.36. The van der Waals surface area contributed by atoms with Crippen molar-refractivity contribution in [3.63, 3.8) is 0 Å². The number of halogens is 1. The summed E-state index contributed by atoms with van der Waals surface area (Å²) in [5.41, 5.74) is 3.03. The molecule has 1 unspecified atom stereocenters. The Hall–Kier alpha value is -2.54. The predicted molar refractivity (Wildman–Crippen MR) is 78.8 cm³/mol. The van der Waals surface area contributed by atoms with E-state index in [0.29, 0.717) is 5.69 Å². The van der Waals surface area contributed by atoms with E-state index >= 15 is 0 Å². The number of hydrogen-bond donors (Lipinski definition) is 1. The summed E-state index contributed by atoms with van der Waals surface area (Å²) in [5.74, 6) is 0.313. The first kappa shape index (κ1) is 13.4. The molecule has 0 heterocycles. The first-order valence-corrected chi connectivity index (χ1v) is 6.85. The average Bonchev–Trinajstić information content (AvgIpc) is 2.90. The van der Waals surface area contributed by atoms with Crippen LogP contribution in [0, 0.1) is 17.1 Å². The Morgan fingerprint density at radius 3 is 2.95 bits per heavy atom. The largest absolute Gasteiger partial charge is 0.497 e. The highest BCUT2D eigenvalue weighted by atomic mass is 19.1. The van der Waals surface area contributed by atoms with Gasteiger partial charge in [-0.1, -0.05) is 12.1 Å². The normalized spacial score (nSPS) is 16.1. The first-order valence-electron chi connectivity index (χ1n) is 6.85. The molecule has 106 valence electrons. The quantitative estimate of drug-likeness (QED) is 0.931. The number of anilines is 1. The number of benzene rings is 2. The lowest BCUT2D eigenvalue weighted by atomic mass is 10.1. The van der Waals surface area contributed by atoms with Crippen molar-refractivity contribution in [1.29, 1.82) is 5.26 Å². The van der Waals surface area contributed by atoms with Crippen LogP contribution in [0.3, 0.4) is 0 Å². The number of nitrogens with zero attached hydrogens (tertiary/aromatic N) is 1. The summed E-state index contributed by atoms with van der Waals surface area (Å²) in [6.07, 6.45) is 1.89. The van der Waals surface area contributed by atoms with Crippen molar-refractivity contribution < 1.29 is 9.13 Å². The first-order chi connectivity index (χ1) is 10.2. The van der Waals surface area contributed by atoms with Gasteiger partial charge in [0.1, 0.15) is 23.2 Å². The second kappa shape index (κ2) is 5.45. The van der Waals surface area contributed by atoms with Gasteiger partial charge in [-0.05, 0) is 48.2 Å². The summed E-state index contributed by atoms with van der Waals surface area (Å²) >= 11 is 0. The van der Waals surface area contributed by atoms with Gasteiger partial charge in [-0.3, -0.25) is 0 Å². The van der Waals surface area contributed by atoms with Crippen LogP contribution in [-0.4, -0.2) is 7.11 Å². The second-order valence-corrected chi connectivity index (χ2v) is 5.07. The summed E-state index contributed by atoms with van der Waals surface area (Å²) in [5, 5.41) is 12.4. The van der Waals surface area contributed by atoms with E-state index in [-0.39, 0.29) is 11.6 Å². The molecule has 0 bridgehead atoms. The minimum Gasteiger partial charge on any atom is -0.497 e. The van der Waals surface area contributed by atoms with Gasteiger partial charge in [0.25, 0.3) is 0 Å². The number of nitriles is 1. The molecule has 0 aromatic heterocycles. The van der Waals surface area contributed by atoms with Crippen molar-refractivity contribution in [1.82, 2.24) is 0 Å². The van der Waals surface area contributed by atoms with Crippen LogP contribution in [0.4, 0.5) is 10.1 Å². The van der Waals surface area contributed by atoms with E-state index < -0.39 is 5.82 Å². The molecule has 2 aromatic carbocycles. The fourth-order valence-electron chi connectivity index (χ4n) is 2.80. The predicted octanol–water partition coefficient (Wildman–Crippen LogP) is 3.81. The van der Waals surface area contributed by atoms with Crippen LogP contribution in [-0.2, 0) is 6.42 Å². The lowest BCUT2D eigenvalue weighted by molar-refractivity contribution is 0.414. The SMILES string of the molecule is COc1ccc2c(c1)C(Nc1cccc(F)c1C#N)CC2. The van der Waals surface area contributed by atoms with Crippen molar-refractivity contribution in [3.8, 4) is 11.8 Å². The summed E-state index contributed by atoms with van der Waals surface area (Å²) in [7, 11) is 1.64. The van der Waals surface area contributed by atoms with E-state index in [9.17, 15) is 4.39 Å². The second-order valence-electron chi connectivity index (χ2n) is 5.07. The summed E-state index contributed by atoms with van der Waals surface area (Å²) in [6.45, 7) is 0. The van der Waals surface area contributed by atoms with Crippen LogP contribution in [0.25, 0.3) is 0 Å². The summed E-state index contributed by atoms with van der Waals surface area (Å²) in [4.78, 5) is 0. The molecule has 3 nitrogen and oxygen atoms in total. The van der Waals surface area contributed by atoms with Crippen LogP contribution < -0.4 is 10.1 Å². The van der Waals surface area contributed by atoms with Crippen molar-refractivity contribution in [2.24, 2.45) is 0 Å². The molecular weight excluding hydrogens is 267 g/mol. The van der Waals surface area contributed by atoms with Gasteiger partial charge in [-0.2, -0.15) is 5.26 Å². The highest BCUT2D eigenvalue weighted by molar-refractivity contribution is 5.60. The maximum absolute atomic E-state index is 13.7. The van der Waals surface area contributed by atoms with Gasteiger partial charge in [0.15, 0.2) is 0 Å². The molecule has 3 rings (SSSR count). The fraction of sp³-hybridized carbons (Fsp3) is 0.235. The molecule has 0 saturated carbocycles. The highest BCUT2D eigenvalue weighted by Gasteiger charge is 2.24. The summed E-state index contributed by atoms with van der Waals surface area (Å²) in [6, 6.07) is 12.7. The lowest BCUT2D eigenvalue weighted by Crippen LogP contribution is -2.09. The third kappa shape index (κ3) is 2.43. The van der Waals surface area contributed by atoms with Gasteiger partial charge < -0.3 is 10.1 Å². The average molecular weight is 282 g/mol. The van der Waals surface area contributed by atoms with Gasteiger partial charge in [0, 0.05) is 0 Å². The minimum absolute atomic E-state index is 0.0637. The Kier molecular flexibility index (Phi) is 3.49. The smallest absolute Gasteiger partial charge is 0.143 e. The third-order valence-corrected chi connectivity index (χ3v) is 3.89. The molecule has 0 amide bonds. The van der Waals surface area contributed by atoms with Crippen molar-refractivity contribution in [3.05, 3.63) is 58.9 Å². The van der Waals surface area contributed by atoms with E-state index in [4.69, 9.17) is 10.00 Å². The fourth-order valence-corrected chi connectivity index (χ4v) is 2.80. The number of methoxy groups -OCH3 is 1. The van der Waals surface area contributed by atoms with E-state index in [1.165, 1.54) is 11.6 Å². The zero-order chi connectivity index (χ0) is 14.8. The molecule has 1 N–H and O–H groups in total. The maximum atomic E-state index is 13.7. The standard InChI is InChI=1S/C17H15FN2O/c1-21-12-7-5-11-6-8-17(13(11)9-12)20-16-4-2-3-15(18)14(16)10-19/h2-5,7,9,17,20H,6,8H2,1H3. The summed E-state index contributed by atoms with van der Waals surface area (Å²) < 4.78 is 18.9. The number of aryl methyl sites for hydroxylation is 1. The molecule has 0 fully saturated rings. The number of ether oxygens (including phenoxy) is 1. The Morgan fingerprint density at radius 1 is 1.33 bits per heavy atom. The topological polar surface area (TPSA) is 45.0 Å². The van der Waals surface area contributed by atoms with Gasteiger partial charge in [0.05, 0.1) is 18.8 Å². The molecule has 0 aliphatic heterocycles. The Labute approximate surface area is 123 Å². The molecule has 21 heavy (non-hydrogen) atoms. The van der Waals surface area contributed by atoms with Crippen molar-refractivity contribution in [2.75, 3.05) is 12.4 Å².